The predicted octanol–water partition coefficient (Wildman–Crippen LogP) is 2.94. The minimum Gasteiger partial charge on any atom is -0.490 e. The molecule has 1 aromatic carbocycles. The van der Waals surface area contributed by atoms with Crippen LogP contribution in [-0.2, 0) is 0 Å². The van der Waals surface area contributed by atoms with E-state index in [0.717, 1.165) is 0 Å². The van der Waals surface area contributed by atoms with Crippen molar-refractivity contribution in [3.05, 3.63) is 28.5 Å². The third-order valence-corrected chi connectivity index (χ3v) is 1.88. The molecule has 0 bridgehead atoms. The standard InChI is InChI=1S/C8H7BrF2O/c9-7-2-1-6(11)5-8(7)12-4-3-10/h1-2,5H,3-4H2. The second-order valence-corrected chi connectivity index (χ2v) is 2.97. The SMILES string of the molecule is FCCOc1cc(F)ccc1Br. The summed E-state index contributed by atoms with van der Waals surface area (Å²) >= 11 is 3.15. The molecule has 1 aromatic rings. The minimum atomic E-state index is -0.580. The van der Waals surface area contributed by atoms with E-state index in [0.29, 0.717) is 10.2 Å². The Morgan fingerprint density at radius 3 is 2.83 bits per heavy atom. The van der Waals surface area contributed by atoms with Crippen LogP contribution < -0.4 is 4.74 Å². The molecule has 0 aliphatic carbocycles. The summed E-state index contributed by atoms with van der Waals surface area (Å²) in [7, 11) is 0. The van der Waals surface area contributed by atoms with Crippen LogP contribution in [-0.4, -0.2) is 13.3 Å². The maximum absolute atomic E-state index is 12.6. The number of rotatable bonds is 3. The summed E-state index contributed by atoms with van der Waals surface area (Å²) in [5, 5.41) is 0. The molecule has 12 heavy (non-hydrogen) atoms. The summed E-state index contributed by atoms with van der Waals surface area (Å²) in [6.45, 7) is -0.634. The Labute approximate surface area is 77.5 Å². The summed E-state index contributed by atoms with van der Waals surface area (Å²) in [6.07, 6.45) is 0. The topological polar surface area (TPSA) is 9.23 Å². The van der Waals surface area contributed by atoms with E-state index >= 15 is 0 Å². The van der Waals surface area contributed by atoms with Crippen molar-refractivity contribution >= 4 is 15.9 Å². The van der Waals surface area contributed by atoms with Gasteiger partial charge in [-0.15, -0.1) is 0 Å². The average Bonchev–Trinajstić information content (AvgIpc) is 2.07. The van der Waals surface area contributed by atoms with E-state index in [2.05, 4.69) is 15.9 Å². The summed E-state index contributed by atoms with van der Waals surface area (Å²) in [4.78, 5) is 0. The van der Waals surface area contributed by atoms with Crippen LogP contribution in [0.3, 0.4) is 0 Å². The lowest BCUT2D eigenvalue weighted by Crippen LogP contribution is -1.99. The zero-order valence-electron chi connectivity index (χ0n) is 6.19. The summed E-state index contributed by atoms with van der Waals surface area (Å²) < 4.78 is 29.8. The lowest BCUT2D eigenvalue weighted by molar-refractivity contribution is 0.271. The number of halogens is 3. The summed E-state index contributed by atoms with van der Waals surface area (Å²) in [5.41, 5.74) is 0. The molecule has 0 saturated carbocycles. The molecular formula is C8H7BrF2O. The number of hydrogen-bond acceptors (Lipinski definition) is 1. The second kappa shape index (κ2) is 4.40. The molecule has 0 amide bonds. The highest BCUT2D eigenvalue weighted by Gasteiger charge is 2.01. The van der Waals surface area contributed by atoms with Crippen LogP contribution in [0.5, 0.6) is 5.75 Å². The van der Waals surface area contributed by atoms with Gasteiger partial charge in [-0.2, -0.15) is 0 Å². The van der Waals surface area contributed by atoms with E-state index in [1.165, 1.54) is 18.2 Å². The van der Waals surface area contributed by atoms with Crippen molar-refractivity contribution in [3.63, 3.8) is 0 Å². The van der Waals surface area contributed by atoms with Crippen molar-refractivity contribution in [2.24, 2.45) is 0 Å². The smallest absolute Gasteiger partial charge is 0.136 e. The molecule has 0 unspecified atom stereocenters. The number of alkyl halides is 1. The highest BCUT2D eigenvalue weighted by Crippen LogP contribution is 2.25. The molecule has 66 valence electrons. The first-order valence-corrected chi connectivity index (χ1v) is 4.17. The van der Waals surface area contributed by atoms with Crippen LogP contribution >= 0.6 is 15.9 Å². The first kappa shape index (κ1) is 9.45. The number of hydrogen-bond donors (Lipinski definition) is 0. The van der Waals surface area contributed by atoms with Gasteiger partial charge in [0, 0.05) is 6.07 Å². The van der Waals surface area contributed by atoms with Crippen LogP contribution in [0.4, 0.5) is 8.78 Å². The minimum absolute atomic E-state index is 0.0535. The Bertz CT molecular complexity index is 265. The Balaban J connectivity index is 2.75. The van der Waals surface area contributed by atoms with Gasteiger partial charge in [0.15, 0.2) is 0 Å². The zero-order valence-corrected chi connectivity index (χ0v) is 7.77. The molecule has 0 heterocycles. The van der Waals surface area contributed by atoms with E-state index in [4.69, 9.17) is 4.74 Å². The van der Waals surface area contributed by atoms with E-state index in [1.54, 1.807) is 0 Å². The van der Waals surface area contributed by atoms with Crippen molar-refractivity contribution < 1.29 is 13.5 Å². The molecule has 0 radical (unpaired) electrons. The van der Waals surface area contributed by atoms with Gasteiger partial charge in [-0.3, -0.25) is 0 Å². The van der Waals surface area contributed by atoms with Crippen molar-refractivity contribution in [1.29, 1.82) is 0 Å². The molecule has 0 aliphatic heterocycles. The fourth-order valence-corrected chi connectivity index (χ4v) is 1.10. The van der Waals surface area contributed by atoms with Crippen LogP contribution in [0.25, 0.3) is 0 Å². The van der Waals surface area contributed by atoms with Gasteiger partial charge in [0.2, 0.25) is 0 Å². The first-order chi connectivity index (χ1) is 5.74. The molecule has 0 fully saturated rings. The molecule has 0 atom stereocenters. The van der Waals surface area contributed by atoms with Gasteiger partial charge in [0.1, 0.15) is 24.8 Å². The van der Waals surface area contributed by atoms with Gasteiger partial charge in [-0.25, -0.2) is 8.78 Å². The predicted molar refractivity (Wildman–Crippen MR) is 45.6 cm³/mol. The van der Waals surface area contributed by atoms with Gasteiger partial charge < -0.3 is 4.74 Å². The van der Waals surface area contributed by atoms with Crippen LogP contribution in [0.15, 0.2) is 22.7 Å². The molecular weight excluding hydrogens is 230 g/mol. The first-order valence-electron chi connectivity index (χ1n) is 3.38. The lowest BCUT2D eigenvalue weighted by Gasteiger charge is -2.05. The third kappa shape index (κ3) is 2.44. The highest BCUT2D eigenvalue weighted by atomic mass is 79.9. The van der Waals surface area contributed by atoms with E-state index in [1.807, 2.05) is 0 Å². The molecule has 0 saturated heterocycles. The van der Waals surface area contributed by atoms with Crippen molar-refractivity contribution in [1.82, 2.24) is 0 Å². The maximum atomic E-state index is 12.6. The molecule has 4 heteroatoms. The quantitative estimate of drug-likeness (QED) is 0.785. The normalized spacial score (nSPS) is 9.92. The Morgan fingerprint density at radius 1 is 1.42 bits per heavy atom. The number of benzene rings is 1. The monoisotopic (exact) mass is 236 g/mol. The summed E-state index contributed by atoms with van der Waals surface area (Å²) in [5.74, 6) is -0.0697. The van der Waals surface area contributed by atoms with E-state index < -0.39 is 12.5 Å². The van der Waals surface area contributed by atoms with Crippen molar-refractivity contribution in [2.45, 2.75) is 0 Å². The average molecular weight is 237 g/mol. The highest BCUT2D eigenvalue weighted by molar-refractivity contribution is 9.10. The lowest BCUT2D eigenvalue weighted by atomic mass is 10.3. The Hall–Kier alpha value is -0.640. The molecule has 1 nitrogen and oxygen atoms in total. The molecule has 0 aliphatic rings. The number of ether oxygens (including phenoxy) is 1. The van der Waals surface area contributed by atoms with Gasteiger partial charge in [-0.1, -0.05) is 0 Å². The maximum Gasteiger partial charge on any atom is 0.136 e. The molecule has 0 aromatic heterocycles. The third-order valence-electron chi connectivity index (χ3n) is 1.23. The summed E-state index contributed by atoms with van der Waals surface area (Å²) in [6, 6.07) is 4.02. The Kier molecular flexibility index (Phi) is 3.47. The van der Waals surface area contributed by atoms with Gasteiger partial charge in [0.05, 0.1) is 4.47 Å². The van der Waals surface area contributed by atoms with Gasteiger partial charge in [0.25, 0.3) is 0 Å². The van der Waals surface area contributed by atoms with E-state index in [-0.39, 0.29) is 6.61 Å². The Morgan fingerprint density at radius 2 is 2.17 bits per heavy atom. The second-order valence-electron chi connectivity index (χ2n) is 2.11. The fraction of sp³-hybridized carbons (Fsp3) is 0.250. The van der Waals surface area contributed by atoms with E-state index in [9.17, 15) is 8.78 Å². The van der Waals surface area contributed by atoms with Gasteiger partial charge in [-0.05, 0) is 28.1 Å². The molecule has 0 N–H and O–H groups in total. The molecule has 0 spiro atoms. The van der Waals surface area contributed by atoms with Crippen molar-refractivity contribution in [2.75, 3.05) is 13.3 Å². The van der Waals surface area contributed by atoms with Crippen LogP contribution in [0.1, 0.15) is 0 Å². The largest absolute Gasteiger partial charge is 0.490 e. The van der Waals surface area contributed by atoms with Crippen LogP contribution in [0, 0.1) is 5.82 Å². The molecule has 1 rings (SSSR count). The van der Waals surface area contributed by atoms with Crippen LogP contribution in [0.2, 0.25) is 0 Å². The fourth-order valence-electron chi connectivity index (χ4n) is 0.736. The van der Waals surface area contributed by atoms with Gasteiger partial charge >= 0.3 is 0 Å². The van der Waals surface area contributed by atoms with Crippen molar-refractivity contribution in [3.8, 4) is 5.75 Å². The zero-order chi connectivity index (χ0) is 8.97.